The van der Waals surface area contributed by atoms with Crippen molar-refractivity contribution >= 4 is 11.3 Å². The van der Waals surface area contributed by atoms with Crippen LogP contribution < -0.4 is 5.32 Å². The lowest BCUT2D eigenvalue weighted by molar-refractivity contribution is 0.473. The summed E-state index contributed by atoms with van der Waals surface area (Å²) < 4.78 is 0. The number of hydrogen-bond donors (Lipinski definition) is 1. The van der Waals surface area contributed by atoms with Crippen molar-refractivity contribution in [2.24, 2.45) is 0 Å². The molecule has 1 nitrogen and oxygen atoms in total. The van der Waals surface area contributed by atoms with Crippen LogP contribution in [0.5, 0.6) is 0 Å². The van der Waals surface area contributed by atoms with Gasteiger partial charge in [-0.3, -0.25) is 0 Å². The molecule has 0 aliphatic rings. The maximum atomic E-state index is 3.75. The average molecular weight is 310 g/mol. The van der Waals surface area contributed by atoms with E-state index in [0.717, 1.165) is 6.54 Å². The zero-order valence-electron chi connectivity index (χ0n) is 14.8. The van der Waals surface area contributed by atoms with Gasteiger partial charge in [-0.1, -0.05) is 66.7 Å². The fourth-order valence-electron chi connectivity index (χ4n) is 2.56. The van der Waals surface area contributed by atoms with Crippen molar-refractivity contribution in [3.8, 4) is 0 Å². The zero-order valence-corrected chi connectivity index (χ0v) is 15.6. The van der Waals surface area contributed by atoms with Crippen molar-refractivity contribution in [2.75, 3.05) is 6.54 Å². The van der Waals surface area contributed by atoms with Gasteiger partial charge in [0.05, 0.1) is 0 Å². The van der Waals surface area contributed by atoms with E-state index < -0.39 is 0 Å². The van der Waals surface area contributed by atoms with Gasteiger partial charge >= 0.3 is 0 Å². The molecule has 0 radical (unpaired) electrons. The first kappa shape index (κ1) is 18.7. The molecule has 0 saturated carbocycles. The molecule has 0 amide bonds. The van der Waals surface area contributed by atoms with Crippen LogP contribution in [0.25, 0.3) is 0 Å². The summed E-state index contributed by atoms with van der Waals surface area (Å²) in [5.74, 6) is 0. The molecule has 0 aliphatic carbocycles. The second kappa shape index (κ2) is 9.63. The van der Waals surface area contributed by atoms with Crippen molar-refractivity contribution in [3.05, 3.63) is 21.9 Å². The Labute approximate surface area is 136 Å². The van der Waals surface area contributed by atoms with Gasteiger partial charge in [-0.15, -0.1) is 11.3 Å². The van der Waals surface area contributed by atoms with E-state index in [9.17, 15) is 0 Å². The number of nitrogens with one attached hydrogen (secondary N) is 1. The fraction of sp³-hybridized carbons (Fsp3) is 0.789. The molecule has 1 unspecified atom stereocenters. The summed E-state index contributed by atoms with van der Waals surface area (Å²) >= 11 is 2.00. The smallest absolute Gasteiger partial charge is 0.0414 e. The first-order chi connectivity index (χ1) is 9.99. The molecule has 122 valence electrons. The van der Waals surface area contributed by atoms with Crippen molar-refractivity contribution in [3.63, 3.8) is 0 Å². The van der Waals surface area contributed by atoms with Crippen LogP contribution >= 0.6 is 11.3 Å². The maximum Gasteiger partial charge on any atom is 0.0414 e. The lowest BCUT2D eigenvalue weighted by Crippen LogP contribution is -2.21. The molecular formula is C19H35NS. The molecule has 0 spiro atoms. The van der Waals surface area contributed by atoms with Crippen LogP contribution in [0.3, 0.4) is 0 Å². The van der Waals surface area contributed by atoms with Crippen LogP contribution in [-0.4, -0.2) is 6.54 Å². The molecule has 0 bridgehead atoms. The summed E-state index contributed by atoms with van der Waals surface area (Å²) in [5.41, 5.74) is 0.277. The van der Waals surface area contributed by atoms with Gasteiger partial charge in [0, 0.05) is 15.8 Å². The minimum absolute atomic E-state index is 0.277. The molecule has 21 heavy (non-hydrogen) atoms. The van der Waals surface area contributed by atoms with Gasteiger partial charge in [-0.05, 0) is 36.9 Å². The van der Waals surface area contributed by atoms with Crippen molar-refractivity contribution in [1.29, 1.82) is 0 Å². The van der Waals surface area contributed by atoms with E-state index in [0.29, 0.717) is 6.04 Å². The Bertz CT molecular complexity index is 375. The fourth-order valence-corrected chi connectivity index (χ4v) is 3.73. The third-order valence-electron chi connectivity index (χ3n) is 3.95. The normalized spacial score (nSPS) is 13.6. The minimum atomic E-state index is 0.277. The monoisotopic (exact) mass is 309 g/mol. The Morgan fingerprint density at radius 1 is 1.00 bits per heavy atom. The highest BCUT2D eigenvalue weighted by molar-refractivity contribution is 7.12. The van der Waals surface area contributed by atoms with Gasteiger partial charge in [-0.2, -0.15) is 0 Å². The van der Waals surface area contributed by atoms with Gasteiger partial charge in [-0.25, -0.2) is 0 Å². The van der Waals surface area contributed by atoms with E-state index in [2.05, 4.69) is 52.1 Å². The van der Waals surface area contributed by atoms with E-state index >= 15 is 0 Å². The molecule has 1 atom stereocenters. The van der Waals surface area contributed by atoms with Crippen molar-refractivity contribution < 1.29 is 0 Å². The zero-order chi connectivity index (χ0) is 15.7. The molecule has 0 fully saturated rings. The highest BCUT2D eigenvalue weighted by Gasteiger charge is 2.19. The lowest BCUT2D eigenvalue weighted by Gasteiger charge is -2.18. The molecule has 0 aliphatic heterocycles. The lowest BCUT2D eigenvalue weighted by atomic mass is 9.95. The first-order valence-electron chi connectivity index (χ1n) is 8.82. The summed E-state index contributed by atoms with van der Waals surface area (Å²) in [4.78, 5) is 3.04. The molecule has 1 N–H and O–H groups in total. The van der Waals surface area contributed by atoms with E-state index in [1.54, 1.807) is 0 Å². The third kappa shape index (κ3) is 6.97. The van der Waals surface area contributed by atoms with Gasteiger partial charge in [0.1, 0.15) is 0 Å². The van der Waals surface area contributed by atoms with Crippen LogP contribution in [0.1, 0.15) is 95.4 Å². The topological polar surface area (TPSA) is 12.0 Å². The number of hydrogen-bond acceptors (Lipinski definition) is 2. The van der Waals surface area contributed by atoms with Crippen LogP contribution in [-0.2, 0) is 5.41 Å². The predicted octanol–water partition coefficient (Wildman–Crippen LogP) is 6.45. The third-order valence-corrected chi connectivity index (χ3v) is 5.57. The number of thiophene rings is 1. The molecule has 0 saturated heterocycles. The van der Waals surface area contributed by atoms with E-state index in [1.165, 1.54) is 54.7 Å². The van der Waals surface area contributed by atoms with Crippen LogP contribution in [0.15, 0.2) is 12.1 Å². The van der Waals surface area contributed by atoms with E-state index in [1.807, 2.05) is 11.3 Å². The van der Waals surface area contributed by atoms with Crippen molar-refractivity contribution in [1.82, 2.24) is 5.32 Å². The summed E-state index contributed by atoms with van der Waals surface area (Å²) in [6, 6.07) is 5.25. The summed E-state index contributed by atoms with van der Waals surface area (Å²) in [6.45, 7) is 12.6. The summed E-state index contributed by atoms with van der Waals surface area (Å²) in [5, 5.41) is 3.75. The molecule has 1 rings (SSSR count). The van der Waals surface area contributed by atoms with Gasteiger partial charge in [0.2, 0.25) is 0 Å². The average Bonchev–Trinajstić information content (AvgIpc) is 2.91. The predicted molar refractivity (Wildman–Crippen MR) is 97.4 cm³/mol. The van der Waals surface area contributed by atoms with Crippen molar-refractivity contribution in [2.45, 2.75) is 91.0 Å². The Kier molecular flexibility index (Phi) is 8.58. The quantitative estimate of drug-likeness (QED) is 0.490. The molecule has 0 aromatic carbocycles. The largest absolute Gasteiger partial charge is 0.309 e. The summed E-state index contributed by atoms with van der Waals surface area (Å²) in [6.07, 6.45) is 9.35. The molecule has 2 heteroatoms. The summed E-state index contributed by atoms with van der Waals surface area (Å²) in [7, 11) is 0. The minimum Gasteiger partial charge on any atom is -0.309 e. The first-order valence-corrected chi connectivity index (χ1v) is 9.64. The SMILES string of the molecule is CCCCCCCC(NCCC)c1ccc(C(C)(C)C)s1. The second-order valence-corrected chi connectivity index (χ2v) is 8.28. The number of rotatable bonds is 10. The van der Waals surface area contributed by atoms with Gasteiger partial charge < -0.3 is 5.32 Å². The standard InChI is InChI=1S/C19H35NS/c1-6-8-9-10-11-12-16(20-15-7-2)17-13-14-18(21-17)19(3,4)5/h13-14,16,20H,6-12,15H2,1-5H3. The molecule has 1 aromatic heterocycles. The maximum absolute atomic E-state index is 3.75. The highest BCUT2D eigenvalue weighted by atomic mass is 32.1. The molecular weight excluding hydrogens is 274 g/mol. The molecule has 1 heterocycles. The van der Waals surface area contributed by atoms with Gasteiger partial charge in [0.15, 0.2) is 0 Å². The van der Waals surface area contributed by atoms with Crippen LogP contribution in [0.4, 0.5) is 0 Å². The van der Waals surface area contributed by atoms with E-state index in [-0.39, 0.29) is 5.41 Å². The van der Waals surface area contributed by atoms with E-state index in [4.69, 9.17) is 0 Å². The Morgan fingerprint density at radius 2 is 1.71 bits per heavy atom. The Morgan fingerprint density at radius 3 is 2.29 bits per heavy atom. The van der Waals surface area contributed by atoms with Gasteiger partial charge in [0.25, 0.3) is 0 Å². The molecule has 1 aromatic rings. The Balaban J connectivity index is 2.57. The number of unbranched alkanes of at least 4 members (excludes halogenated alkanes) is 4. The second-order valence-electron chi connectivity index (χ2n) is 7.16. The highest BCUT2D eigenvalue weighted by Crippen LogP contribution is 2.34. The Hall–Kier alpha value is -0.340. The van der Waals surface area contributed by atoms with Crippen LogP contribution in [0.2, 0.25) is 0 Å². The van der Waals surface area contributed by atoms with Crippen LogP contribution in [0, 0.1) is 0 Å².